The summed E-state index contributed by atoms with van der Waals surface area (Å²) in [5, 5.41) is 123. The molecular formula is C68H128N14O30. The van der Waals surface area contributed by atoms with Gasteiger partial charge in [-0.05, 0) is 19.4 Å². The summed E-state index contributed by atoms with van der Waals surface area (Å²) < 4.78 is 85.3. The van der Waals surface area contributed by atoms with Crippen molar-refractivity contribution in [2.45, 2.75) is 137 Å². The van der Waals surface area contributed by atoms with Gasteiger partial charge in [-0.1, -0.05) is 6.92 Å². The van der Waals surface area contributed by atoms with Crippen molar-refractivity contribution in [2.24, 2.45) is 28.3 Å². The summed E-state index contributed by atoms with van der Waals surface area (Å²) in [5.41, 5.74) is 19.7. The number of hydrogen-bond donors (Lipinski definition) is 19. The van der Waals surface area contributed by atoms with Crippen LogP contribution in [0, 0.1) is 5.53 Å². The van der Waals surface area contributed by atoms with Crippen LogP contribution >= 0.6 is 0 Å². The summed E-state index contributed by atoms with van der Waals surface area (Å²) in [7, 11) is 0. The Balaban J connectivity index is 1.39. The number of carboxylic acids is 2. The molecule has 0 saturated carbocycles. The van der Waals surface area contributed by atoms with Crippen molar-refractivity contribution in [3.8, 4) is 0 Å². The molecule has 4 aliphatic rings. The predicted molar refractivity (Wildman–Crippen MR) is 391 cm³/mol. The van der Waals surface area contributed by atoms with E-state index in [0.717, 1.165) is 0 Å². The van der Waals surface area contributed by atoms with Crippen LogP contribution in [0.4, 0.5) is 0 Å². The van der Waals surface area contributed by atoms with Crippen LogP contribution in [0.25, 0.3) is 0 Å². The number of nitrogens with zero attached hydrogens (tertiary/aromatic N) is 6. The summed E-state index contributed by atoms with van der Waals surface area (Å²) >= 11 is 0. The zero-order chi connectivity index (χ0) is 81.9. The van der Waals surface area contributed by atoms with Gasteiger partial charge in [0.15, 0.2) is 18.9 Å². The van der Waals surface area contributed by atoms with Gasteiger partial charge in [0.2, 0.25) is 11.8 Å². The van der Waals surface area contributed by atoms with E-state index in [9.17, 15) is 75.3 Å². The molecule has 13 unspecified atom stereocenters. The van der Waals surface area contributed by atoms with E-state index in [1.165, 1.54) is 28.6 Å². The molecule has 44 heteroatoms. The number of aliphatic hydroxyl groups is 9. The van der Waals surface area contributed by atoms with E-state index in [1.807, 2.05) is 6.92 Å². The molecule has 650 valence electrons. The normalized spacial score (nSPS) is 25.0. The van der Waals surface area contributed by atoms with Crippen molar-refractivity contribution in [1.82, 2.24) is 40.7 Å². The second-order valence-electron chi connectivity index (χ2n) is 26.9. The first-order valence-electron chi connectivity index (χ1n) is 37.8. The zero-order valence-electron chi connectivity index (χ0n) is 64.3. The van der Waals surface area contributed by atoms with Crippen molar-refractivity contribution in [3.05, 3.63) is 35.7 Å². The van der Waals surface area contributed by atoms with Crippen molar-refractivity contribution >= 4 is 23.8 Å². The zero-order valence-corrected chi connectivity index (χ0v) is 64.3. The largest absolute Gasteiger partial charge is 0.480 e. The topological polar surface area (TPSA) is 622 Å². The van der Waals surface area contributed by atoms with Crippen LogP contribution in [-0.4, -0.2) is 427 Å². The third-order valence-electron chi connectivity index (χ3n) is 17.9. The number of aliphatic carboxylic acids is 2. The first-order chi connectivity index (χ1) is 53.9. The Labute approximate surface area is 652 Å². The standard InChI is InChI=1S/C68H128N14O30/c1-2-78-9-10-79(38-60(91)92)12-14-80(13-11-78)51(67(96)97)5-6-58(89)75-7-3-4-59(90)76-68(45-104-42-48(69)36-81(72)15-18-99-21-24-102-27-30-108-62-33-53(87)65(94)56(40-84)111-62,46-105-43-49(70)37-82(73)16-19-100-22-25-103-28-31-109-63-34-54(88)66(95)57(41-85)112-63)47-106-44-50(77-71)35-74-8-17-98-20-23-101-26-29-107-61-32-52(86)64(93)55(39-83)110-61/h35-37,51-57,61-66,71,74,83-88,93-95H,2-34,38-47,69-70,72-73H2,1H3,(H,75,89)(H,76,90)(H,91,92)(H,96,97)/b48-36-,49-37-,50-35-,77-71?. The number of nitrogens with one attached hydrogen (secondary N) is 4. The highest BCUT2D eigenvalue weighted by Gasteiger charge is 2.40. The van der Waals surface area contributed by atoms with Crippen LogP contribution < -0.4 is 39.1 Å². The Morgan fingerprint density at radius 3 is 1.39 bits per heavy atom. The summed E-state index contributed by atoms with van der Waals surface area (Å²) in [6.45, 7) is 5.23. The molecule has 4 fully saturated rings. The lowest BCUT2D eigenvalue weighted by molar-refractivity contribution is -0.259. The number of hydrogen-bond acceptors (Lipinski definition) is 40. The molecule has 4 aliphatic heterocycles. The molecule has 0 spiro atoms. The molecule has 0 aromatic heterocycles. The number of carbonyl (C=O) groups is 4. The molecule has 0 aromatic rings. The summed E-state index contributed by atoms with van der Waals surface area (Å²) in [6, 6.07) is -1.03. The molecule has 0 aromatic carbocycles. The number of aliphatic hydroxyl groups excluding tert-OH is 9. The lowest BCUT2D eigenvalue weighted by atomic mass is 10.0. The predicted octanol–water partition coefficient (Wildman–Crippen LogP) is -7.90. The number of rotatable bonds is 62. The van der Waals surface area contributed by atoms with E-state index in [0.29, 0.717) is 39.3 Å². The second kappa shape index (κ2) is 58.4. The fourth-order valence-corrected chi connectivity index (χ4v) is 11.7. The highest BCUT2D eigenvalue weighted by molar-refractivity contribution is 5.79. The molecule has 4 saturated heterocycles. The Morgan fingerprint density at radius 2 is 0.964 bits per heavy atom. The van der Waals surface area contributed by atoms with Crippen LogP contribution in [0.2, 0.25) is 0 Å². The maximum atomic E-state index is 14.2. The van der Waals surface area contributed by atoms with Crippen LogP contribution in [-0.2, 0) is 90.2 Å². The lowest BCUT2D eigenvalue weighted by Crippen LogP contribution is -2.59. The van der Waals surface area contributed by atoms with Crippen molar-refractivity contribution < 1.29 is 146 Å². The van der Waals surface area contributed by atoms with Crippen LogP contribution in [0.5, 0.6) is 0 Å². The fourth-order valence-electron chi connectivity index (χ4n) is 11.7. The number of nitrogens with two attached hydrogens (primary N) is 4. The van der Waals surface area contributed by atoms with Gasteiger partial charge in [0.1, 0.15) is 53.9 Å². The molecule has 0 radical (unpaired) electrons. The SMILES string of the molecule is CCN1CCN(CC(=O)O)CCN(C(CCC(=O)NCCCC(=O)NC(COC/C(N)=C/N(N)CCOCCOCCOC2CC(O)C(O)C(CO)O2)(COC/C(N)=C/N(N)CCOCCOCCOC2CC(O)C(O)C(CO)O2)COC/C(=C/NCCOCCOCCOC2CC(O)C(O)C(CO)O2)N=N)C(=O)O)CC1. The van der Waals surface area contributed by atoms with Crippen LogP contribution in [0.15, 0.2) is 40.8 Å². The number of likely N-dealkylation sites (N-methyl/N-ethyl adjacent to an activating group) is 1. The van der Waals surface area contributed by atoms with E-state index in [2.05, 4.69) is 26.0 Å². The van der Waals surface area contributed by atoms with E-state index in [4.69, 9.17) is 99.7 Å². The van der Waals surface area contributed by atoms with Crippen molar-refractivity contribution in [3.63, 3.8) is 0 Å². The molecule has 0 bridgehead atoms. The summed E-state index contributed by atoms with van der Waals surface area (Å²) in [6.07, 6.45) is -8.25. The molecule has 13 atom stereocenters. The van der Waals surface area contributed by atoms with Gasteiger partial charge < -0.3 is 170 Å². The van der Waals surface area contributed by atoms with Gasteiger partial charge in [0, 0.05) is 103 Å². The number of hydrazine groups is 2. The summed E-state index contributed by atoms with van der Waals surface area (Å²) in [4.78, 5) is 57.5. The number of carbonyl (C=O) groups excluding carboxylic acids is 2. The fraction of sp³-hybridized carbons (Fsp3) is 0.853. The Morgan fingerprint density at radius 1 is 0.554 bits per heavy atom. The molecule has 112 heavy (non-hydrogen) atoms. The first-order valence-corrected chi connectivity index (χ1v) is 37.8. The van der Waals surface area contributed by atoms with Gasteiger partial charge in [-0.2, -0.15) is 5.11 Å². The van der Waals surface area contributed by atoms with E-state index < -0.39 is 129 Å². The maximum absolute atomic E-state index is 14.2. The minimum Gasteiger partial charge on any atom is -0.480 e. The first kappa shape index (κ1) is 98.9. The quantitative estimate of drug-likeness (QED) is 0.0116. The van der Waals surface area contributed by atoms with Crippen LogP contribution in [0.1, 0.15) is 51.9 Å². The van der Waals surface area contributed by atoms with E-state index >= 15 is 0 Å². The summed E-state index contributed by atoms with van der Waals surface area (Å²) in [5.74, 6) is 9.41. The minimum absolute atomic E-state index is 0.0245. The Kier molecular flexibility index (Phi) is 51.6. The van der Waals surface area contributed by atoms with Gasteiger partial charge in [-0.3, -0.25) is 29.0 Å². The molecule has 4 rings (SSSR count). The third kappa shape index (κ3) is 41.9. The average molecular weight is 1620 g/mol. The number of amides is 2. The molecule has 23 N–H and O–H groups in total. The highest BCUT2D eigenvalue weighted by atomic mass is 16.7. The lowest BCUT2D eigenvalue weighted by Gasteiger charge is -2.36. The maximum Gasteiger partial charge on any atom is 0.320 e. The number of carboxylic acid groups (broad SMARTS) is 2. The molecule has 0 aliphatic carbocycles. The van der Waals surface area contributed by atoms with Gasteiger partial charge in [-0.15, -0.1) is 0 Å². The number of ether oxygens (including phenoxy) is 15. The van der Waals surface area contributed by atoms with Gasteiger partial charge in [0.25, 0.3) is 0 Å². The van der Waals surface area contributed by atoms with Gasteiger partial charge >= 0.3 is 11.9 Å². The second-order valence-corrected chi connectivity index (χ2v) is 26.9. The van der Waals surface area contributed by atoms with Crippen molar-refractivity contribution in [1.29, 1.82) is 5.53 Å². The van der Waals surface area contributed by atoms with E-state index in [1.54, 1.807) is 9.80 Å². The molecule has 4 heterocycles. The van der Waals surface area contributed by atoms with E-state index in [-0.39, 0.29) is 240 Å². The highest BCUT2D eigenvalue weighted by Crippen LogP contribution is 2.24. The minimum atomic E-state index is -1.55. The Hall–Kier alpha value is -5.46. The van der Waals surface area contributed by atoms with Crippen LogP contribution in [0.3, 0.4) is 0 Å². The van der Waals surface area contributed by atoms with Gasteiger partial charge in [-0.25, -0.2) is 17.2 Å². The van der Waals surface area contributed by atoms with Crippen molar-refractivity contribution in [2.75, 3.05) is 237 Å². The average Bonchev–Trinajstić information content (AvgIpc) is 1.22. The monoisotopic (exact) mass is 1620 g/mol. The molecule has 2 amide bonds. The smallest absolute Gasteiger partial charge is 0.320 e. The molecular weight excluding hydrogens is 1490 g/mol. The molecule has 44 nitrogen and oxygen atoms in total. The van der Waals surface area contributed by atoms with Gasteiger partial charge in [0.05, 0.1) is 208 Å². The third-order valence-corrected chi connectivity index (χ3v) is 17.9. The Bertz CT molecular complexity index is 2590.